The zero-order valence-corrected chi connectivity index (χ0v) is 9.60. The van der Waals surface area contributed by atoms with E-state index in [0.717, 1.165) is 11.5 Å². The molecule has 0 spiro atoms. The fourth-order valence-electron chi connectivity index (χ4n) is 1.44. The number of aryl methyl sites for hydroxylation is 1. The Balaban J connectivity index is 2.73. The number of thioether (sulfide) groups is 1. The molecule has 0 saturated heterocycles. The fourth-order valence-corrected chi connectivity index (χ4v) is 2.19. The second-order valence-electron chi connectivity index (χ2n) is 3.24. The Bertz CT molecular complexity index is 276. The average molecular weight is 210 g/mol. The minimum absolute atomic E-state index is 0.265. The summed E-state index contributed by atoms with van der Waals surface area (Å²) in [6.45, 7) is 4.28. The van der Waals surface area contributed by atoms with Crippen molar-refractivity contribution in [2.24, 2.45) is 5.84 Å². The normalized spacial score (nSPS) is 12.8. The average Bonchev–Trinajstić information content (AvgIpc) is 2.21. The molecule has 3 heteroatoms. The second-order valence-corrected chi connectivity index (χ2v) is 4.55. The zero-order chi connectivity index (χ0) is 10.4. The van der Waals surface area contributed by atoms with Crippen LogP contribution < -0.4 is 11.3 Å². The Morgan fingerprint density at radius 1 is 1.43 bits per heavy atom. The van der Waals surface area contributed by atoms with Crippen molar-refractivity contribution in [2.45, 2.75) is 19.9 Å². The summed E-state index contributed by atoms with van der Waals surface area (Å²) in [5, 5.41) is 0. The van der Waals surface area contributed by atoms with Crippen LogP contribution in [-0.4, -0.2) is 11.5 Å². The summed E-state index contributed by atoms with van der Waals surface area (Å²) in [4.78, 5) is 0. The van der Waals surface area contributed by atoms with Crippen LogP contribution in [0.4, 0.5) is 0 Å². The fraction of sp³-hybridized carbons (Fsp3) is 0.455. The first kappa shape index (κ1) is 11.6. The van der Waals surface area contributed by atoms with Gasteiger partial charge in [0.1, 0.15) is 0 Å². The van der Waals surface area contributed by atoms with Crippen molar-refractivity contribution in [3.63, 3.8) is 0 Å². The van der Waals surface area contributed by atoms with Gasteiger partial charge < -0.3 is 0 Å². The molecule has 0 bridgehead atoms. The molecular weight excluding hydrogens is 192 g/mol. The summed E-state index contributed by atoms with van der Waals surface area (Å²) in [7, 11) is 0. The maximum atomic E-state index is 5.55. The number of nitrogens with two attached hydrogens (primary N) is 1. The summed E-state index contributed by atoms with van der Waals surface area (Å²) in [6, 6.07) is 8.64. The molecule has 0 aliphatic heterocycles. The summed E-state index contributed by atoms with van der Waals surface area (Å²) in [6.07, 6.45) is 0. The smallest absolute Gasteiger partial charge is 0.0552 e. The molecule has 78 valence electrons. The molecule has 3 N–H and O–H groups in total. The third-order valence-electron chi connectivity index (χ3n) is 2.25. The monoisotopic (exact) mass is 210 g/mol. The molecule has 1 rings (SSSR count). The molecule has 0 amide bonds. The molecule has 1 atom stereocenters. The van der Waals surface area contributed by atoms with Crippen LogP contribution in [0.1, 0.15) is 24.1 Å². The van der Waals surface area contributed by atoms with Crippen molar-refractivity contribution in [1.29, 1.82) is 0 Å². The third kappa shape index (κ3) is 3.01. The first-order valence-electron chi connectivity index (χ1n) is 4.89. The van der Waals surface area contributed by atoms with Gasteiger partial charge in [-0.3, -0.25) is 11.3 Å². The molecule has 1 aromatic rings. The van der Waals surface area contributed by atoms with E-state index in [1.165, 1.54) is 11.1 Å². The van der Waals surface area contributed by atoms with Crippen LogP contribution in [0.5, 0.6) is 0 Å². The van der Waals surface area contributed by atoms with Gasteiger partial charge in [-0.05, 0) is 23.8 Å². The van der Waals surface area contributed by atoms with Gasteiger partial charge in [0, 0.05) is 5.75 Å². The van der Waals surface area contributed by atoms with Gasteiger partial charge in [0.2, 0.25) is 0 Å². The van der Waals surface area contributed by atoms with E-state index in [-0.39, 0.29) is 6.04 Å². The van der Waals surface area contributed by atoms with Gasteiger partial charge >= 0.3 is 0 Å². The van der Waals surface area contributed by atoms with Crippen LogP contribution in [0.2, 0.25) is 0 Å². The van der Waals surface area contributed by atoms with Crippen molar-refractivity contribution in [2.75, 3.05) is 11.5 Å². The van der Waals surface area contributed by atoms with Gasteiger partial charge in [-0.15, -0.1) is 0 Å². The third-order valence-corrected chi connectivity index (χ3v) is 3.23. The van der Waals surface area contributed by atoms with Gasteiger partial charge in [-0.2, -0.15) is 11.8 Å². The highest BCUT2D eigenvalue weighted by Gasteiger charge is 2.10. The van der Waals surface area contributed by atoms with Crippen molar-refractivity contribution in [3.8, 4) is 0 Å². The van der Waals surface area contributed by atoms with Gasteiger partial charge in [0.15, 0.2) is 0 Å². The summed E-state index contributed by atoms with van der Waals surface area (Å²) < 4.78 is 0. The number of rotatable bonds is 5. The largest absolute Gasteiger partial charge is 0.271 e. The van der Waals surface area contributed by atoms with Crippen molar-refractivity contribution >= 4 is 11.8 Å². The molecule has 1 aromatic carbocycles. The van der Waals surface area contributed by atoms with Crippen LogP contribution in [0, 0.1) is 6.92 Å². The minimum atomic E-state index is 0.265. The van der Waals surface area contributed by atoms with E-state index in [1.54, 1.807) is 0 Å². The lowest BCUT2D eigenvalue weighted by Gasteiger charge is -2.17. The van der Waals surface area contributed by atoms with Crippen LogP contribution in [0.3, 0.4) is 0 Å². The lowest BCUT2D eigenvalue weighted by atomic mass is 10.0. The molecule has 0 aliphatic rings. The zero-order valence-electron chi connectivity index (χ0n) is 8.79. The highest BCUT2D eigenvalue weighted by molar-refractivity contribution is 7.99. The topological polar surface area (TPSA) is 38.0 Å². The molecule has 0 heterocycles. The summed E-state index contributed by atoms with van der Waals surface area (Å²) in [5.74, 6) is 7.71. The summed E-state index contributed by atoms with van der Waals surface area (Å²) >= 11 is 1.90. The maximum absolute atomic E-state index is 5.55. The summed E-state index contributed by atoms with van der Waals surface area (Å²) in [5.41, 5.74) is 5.47. The Labute approximate surface area is 90.2 Å². The maximum Gasteiger partial charge on any atom is 0.0552 e. The first-order chi connectivity index (χ1) is 6.79. The first-order valence-corrected chi connectivity index (χ1v) is 6.04. The highest BCUT2D eigenvalue weighted by Crippen LogP contribution is 2.20. The van der Waals surface area contributed by atoms with E-state index in [1.807, 2.05) is 11.8 Å². The number of hydrogen-bond donors (Lipinski definition) is 2. The number of nitrogens with one attached hydrogen (secondary N) is 1. The van der Waals surface area contributed by atoms with Gasteiger partial charge in [0.05, 0.1) is 6.04 Å². The van der Waals surface area contributed by atoms with Crippen LogP contribution in [0.15, 0.2) is 24.3 Å². The molecule has 0 saturated carbocycles. The minimum Gasteiger partial charge on any atom is -0.271 e. The molecule has 0 radical (unpaired) electrons. The molecule has 2 nitrogen and oxygen atoms in total. The predicted octanol–water partition coefficient (Wildman–Crippen LogP) is 2.25. The van der Waals surface area contributed by atoms with E-state index in [2.05, 4.69) is 43.5 Å². The van der Waals surface area contributed by atoms with Crippen molar-refractivity contribution < 1.29 is 0 Å². The quantitative estimate of drug-likeness (QED) is 0.578. The Kier molecular flexibility index (Phi) is 5.01. The number of benzene rings is 1. The lowest BCUT2D eigenvalue weighted by molar-refractivity contribution is 0.608. The Morgan fingerprint density at radius 3 is 2.71 bits per heavy atom. The van der Waals surface area contributed by atoms with E-state index in [0.29, 0.717) is 0 Å². The predicted molar refractivity (Wildman–Crippen MR) is 64.2 cm³/mol. The second kappa shape index (κ2) is 6.06. The molecule has 14 heavy (non-hydrogen) atoms. The van der Waals surface area contributed by atoms with Gasteiger partial charge in [-0.25, -0.2) is 0 Å². The van der Waals surface area contributed by atoms with Gasteiger partial charge in [-0.1, -0.05) is 31.2 Å². The van der Waals surface area contributed by atoms with E-state index in [4.69, 9.17) is 5.84 Å². The van der Waals surface area contributed by atoms with E-state index < -0.39 is 0 Å². The highest BCUT2D eigenvalue weighted by atomic mass is 32.2. The van der Waals surface area contributed by atoms with Crippen LogP contribution in [0.25, 0.3) is 0 Å². The molecule has 0 aliphatic carbocycles. The Hall–Kier alpha value is -0.510. The number of hydrazine groups is 1. The van der Waals surface area contributed by atoms with Crippen molar-refractivity contribution in [1.82, 2.24) is 5.43 Å². The van der Waals surface area contributed by atoms with Crippen molar-refractivity contribution in [3.05, 3.63) is 35.4 Å². The Morgan fingerprint density at radius 2 is 2.14 bits per heavy atom. The standard InChI is InChI=1S/C11H18N2S/c1-3-14-8-11(13-12)10-7-5-4-6-9(10)2/h4-7,11,13H,3,8,12H2,1-2H3. The van der Waals surface area contributed by atoms with Gasteiger partial charge in [0.25, 0.3) is 0 Å². The van der Waals surface area contributed by atoms with Crippen LogP contribution in [-0.2, 0) is 0 Å². The van der Waals surface area contributed by atoms with E-state index in [9.17, 15) is 0 Å². The van der Waals surface area contributed by atoms with Crippen LogP contribution >= 0.6 is 11.8 Å². The molecule has 0 aromatic heterocycles. The van der Waals surface area contributed by atoms with E-state index >= 15 is 0 Å². The molecule has 1 unspecified atom stereocenters. The SMILES string of the molecule is CCSCC(NN)c1ccccc1C. The number of hydrogen-bond acceptors (Lipinski definition) is 3. The molecule has 0 fully saturated rings. The molecular formula is C11H18N2S. The lowest BCUT2D eigenvalue weighted by Crippen LogP contribution is -2.30.